The van der Waals surface area contributed by atoms with Crippen molar-refractivity contribution in [1.82, 2.24) is 10.6 Å². The Bertz CT molecular complexity index is 579. The van der Waals surface area contributed by atoms with E-state index in [1.807, 2.05) is 31.4 Å². The third kappa shape index (κ3) is 4.56. The van der Waals surface area contributed by atoms with Gasteiger partial charge >= 0.3 is 6.03 Å². The van der Waals surface area contributed by atoms with E-state index in [1.165, 1.54) is 12.1 Å². The third-order valence-electron chi connectivity index (χ3n) is 3.32. The molecule has 1 aromatic carbocycles. The first-order valence-corrected chi connectivity index (χ1v) is 7.65. The van der Waals surface area contributed by atoms with Gasteiger partial charge < -0.3 is 10.6 Å². The molecule has 0 saturated carbocycles. The lowest BCUT2D eigenvalue weighted by Crippen LogP contribution is -2.41. The van der Waals surface area contributed by atoms with Crippen LogP contribution < -0.4 is 10.6 Å². The Hall–Kier alpha value is -1.88. The Balaban J connectivity index is 1.83. The van der Waals surface area contributed by atoms with E-state index in [4.69, 9.17) is 0 Å². The standard InChI is InChI=1S/C16H19FN2OS/c1-16(2,12-5-7-13(17)8-6-12)11-19-15(20)18-10-14-4-3-9-21-14/h3-9H,10-11H2,1-2H3,(H2,18,19,20). The minimum Gasteiger partial charge on any atom is -0.337 e. The number of carbonyl (C=O) groups excluding carboxylic acids is 1. The summed E-state index contributed by atoms with van der Waals surface area (Å²) < 4.78 is 12.9. The molecule has 1 heterocycles. The molecule has 0 aliphatic heterocycles. The number of nitrogens with one attached hydrogen (secondary N) is 2. The van der Waals surface area contributed by atoms with Gasteiger partial charge in [0.05, 0.1) is 6.54 Å². The van der Waals surface area contributed by atoms with Crippen LogP contribution in [0.4, 0.5) is 9.18 Å². The maximum absolute atomic E-state index is 12.9. The molecule has 0 radical (unpaired) electrons. The van der Waals surface area contributed by atoms with Gasteiger partial charge in [-0.15, -0.1) is 11.3 Å². The zero-order valence-corrected chi connectivity index (χ0v) is 13.0. The number of carbonyl (C=O) groups is 1. The van der Waals surface area contributed by atoms with Crippen LogP contribution in [0.2, 0.25) is 0 Å². The van der Waals surface area contributed by atoms with E-state index in [2.05, 4.69) is 10.6 Å². The van der Waals surface area contributed by atoms with Crippen molar-refractivity contribution in [3.63, 3.8) is 0 Å². The van der Waals surface area contributed by atoms with Crippen LogP contribution in [0.5, 0.6) is 0 Å². The molecule has 0 aliphatic carbocycles. The Kier molecular flexibility index (Phi) is 4.96. The normalized spacial score (nSPS) is 11.2. The zero-order chi connectivity index (χ0) is 15.3. The van der Waals surface area contributed by atoms with Crippen LogP contribution in [0.25, 0.3) is 0 Å². The van der Waals surface area contributed by atoms with Crippen molar-refractivity contribution in [1.29, 1.82) is 0 Å². The maximum atomic E-state index is 12.9. The molecule has 0 unspecified atom stereocenters. The van der Waals surface area contributed by atoms with Crippen LogP contribution in [0.3, 0.4) is 0 Å². The molecule has 0 fully saturated rings. The predicted molar refractivity (Wildman–Crippen MR) is 84.0 cm³/mol. The summed E-state index contributed by atoms with van der Waals surface area (Å²) >= 11 is 1.61. The van der Waals surface area contributed by atoms with Crippen LogP contribution in [-0.4, -0.2) is 12.6 Å². The highest BCUT2D eigenvalue weighted by Gasteiger charge is 2.21. The van der Waals surface area contributed by atoms with E-state index in [0.717, 1.165) is 10.4 Å². The molecule has 3 nitrogen and oxygen atoms in total. The van der Waals surface area contributed by atoms with E-state index >= 15 is 0 Å². The third-order valence-corrected chi connectivity index (χ3v) is 4.20. The molecule has 2 rings (SSSR count). The van der Waals surface area contributed by atoms with Gasteiger partial charge in [-0.1, -0.05) is 32.0 Å². The van der Waals surface area contributed by atoms with Gasteiger partial charge in [-0.2, -0.15) is 0 Å². The highest BCUT2D eigenvalue weighted by molar-refractivity contribution is 7.09. The van der Waals surface area contributed by atoms with E-state index in [0.29, 0.717) is 13.1 Å². The second kappa shape index (κ2) is 6.72. The topological polar surface area (TPSA) is 41.1 Å². The molecule has 0 spiro atoms. The smallest absolute Gasteiger partial charge is 0.315 e. The van der Waals surface area contributed by atoms with Crippen molar-refractivity contribution < 1.29 is 9.18 Å². The number of urea groups is 1. The van der Waals surface area contributed by atoms with Crippen molar-refractivity contribution in [3.05, 3.63) is 58.0 Å². The lowest BCUT2D eigenvalue weighted by atomic mass is 9.84. The van der Waals surface area contributed by atoms with E-state index < -0.39 is 0 Å². The van der Waals surface area contributed by atoms with Gasteiger partial charge in [0.15, 0.2) is 0 Å². The molecule has 0 saturated heterocycles. The number of halogens is 1. The molecule has 2 amide bonds. The van der Waals surface area contributed by atoms with E-state index in [1.54, 1.807) is 23.5 Å². The highest BCUT2D eigenvalue weighted by Crippen LogP contribution is 2.22. The van der Waals surface area contributed by atoms with Crippen molar-refractivity contribution in [2.24, 2.45) is 0 Å². The van der Waals surface area contributed by atoms with Gasteiger partial charge in [-0.3, -0.25) is 0 Å². The summed E-state index contributed by atoms with van der Waals surface area (Å²) in [6.07, 6.45) is 0. The minimum absolute atomic E-state index is 0.196. The van der Waals surface area contributed by atoms with Crippen LogP contribution in [0, 0.1) is 5.82 Å². The summed E-state index contributed by atoms with van der Waals surface area (Å²) in [5.41, 5.74) is 0.732. The first-order chi connectivity index (χ1) is 9.97. The molecule has 0 aliphatic rings. The second-order valence-corrected chi connectivity index (χ2v) is 6.54. The second-order valence-electron chi connectivity index (χ2n) is 5.51. The molecular formula is C16H19FN2OS. The monoisotopic (exact) mass is 306 g/mol. The SMILES string of the molecule is CC(C)(CNC(=O)NCc1cccs1)c1ccc(F)cc1. The average molecular weight is 306 g/mol. The lowest BCUT2D eigenvalue weighted by molar-refractivity contribution is 0.238. The lowest BCUT2D eigenvalue weighted by Gasteiger charge is -2.25. The Morgan fingerprint density at radius 2 is 1.90 bits per heavy atom. The largest absolute Gasteiger partial charge is 0.337 e. The van der Waals surface area contributed by atoms with Gasteiger partial charge in [0.1, 0.15) is 5.82 Å². The van der Waals surface area contributed by atoms with Crippen LogP contribution >= 0.6 is 11.3 Å². The minimum atomic E-state index is -0.256. The fourth-order valence-electron chi connectivity index (χ4n) is 1.95. The van der Waals surface area contributed by atoms with E-state index in [-0.39, 0.29) is 17.3 Å². The molecule has 21 heavy (non-hydrogen) atoms. The zero-order valence-electron chi connectivity index (χ0n) is 12.2. The van der Waals surface area contributed by atoms with E-state index in [9.17, 15) is 9.18 Å². The first-order valence-electron chi connectivity index (χ1n) is 6.77. The van der Waals surface area contributed by atoms with Gasteiger partial charge in [0.2, 0.25) is 0 Å². The molecule has 0 atom stereocenters. The molecule has 2 N–H and O–H groups in total. The van der Waals surface area contributed by atoms with Gasteiger partial charge in [0, 0.05) is 16.8 Å². The Labute approximate surface area is 128 Å². The molecule has 5 heteroatoms. The van der Waals surface area contributed by atoms with Crippen molar-refractivity contribution in [2.75, 3.05) is 6.54 Å². The number of benzene rings is 1. The Morgan fingerprint density at radius 1 is 1.19 bits per heavy atom. The van der Waals surface area contributed by atoms with Crippen molar-refractivity contribution >= 4 is 17.4 Å². The van der Waals surface area contributed by atoms with Crippen molar-refractivity contribution in [3.8, 4) is 0 Å². The predicted octanol–water partition coefficient (Wildman–Crippen LogP) is 3.66. The van der Waals surface area contributed by atoms with Gasteiger partial charge in [0.25, 0.3) is 0 Å². The number of thiophene rings is 1. The van der Waals surface area contributed by atoms with Crippen LogP contribution in [0.1, 0.15) is 24.3 Å². The summed E-state index contributed by atoms with van der Waals surface area (Å²) in [5.74, 6) is -0.254. The summed E-state index contributed by atoms with van der Waals surface area (Å²) in [7, 11) is 0. The molecular weight excluding hydrogens is 287 g/mol. The average Bonchev–Trinajstić information content (AvgIpc) is 2.97. The number of rotatable bonds is 5. The van der Waals surface area contributed by atoms with Gasteiger partial charge in [-0.05, 0) is 29.1 Å². The summed E-state index contributed by atoms with van der Waals surface area (Å²) in [6, 6.07) is 10.1. The number of hydrogen-bond acceptors (Lipinski definition) is 2. The van der Waals surface area contributed by atoms with Gasteiger partial charge in [-0.25, -0.2) is 9.18 Å². The van der Waals surface area contributed by atoms with Crippen LogP contribution in [0.15, 0.2) is 41.8 Å². The number of amides is 2. The summed E-state index contributed by atoms with van der Waals surface area (Å²) in [6.45, 7) is 5.04. The fraction of sp³-hybridized carbons (Fsp3) is 0.312. The summed E-state index contributed by atoms with van der Waals surface area (Å²) in [5, 5.41) is 7.66. The molecule has 112 valence electrons. The number of hydrogen-bond donors (Lipinski definition) is 2. The molecule has 2 aromatic rings. The van der Waals surface area contributed by atoms with Crippen molar-refractivity contribution in [2.45, 2.75) is 25.8 Å². The highest BCUT2D eigenvalue weighted by atomic mass is 32.1. The molecule has 1 aromatic heterocycles. The molecule has 0 bridgehead atoms. The first kappa shape index (κ1) is 15.5. The summed E-state index contributed by atoms with van der Waals surface area (Å²) in [4.78, 5) is 12.9. The fourth-order valence-corrected chi connectivity index (χ4v) is 2.59. The Morgan fingerprint density at radius 3 is 2.52 bits per heavy atom. The quantitative estimate of drug-likeness (QED) is 0.869. The maximum Gasteiger partial charge on any atom is 0.315 e. The van der Waals surface area contributed by atoms with Crippen LogP contribution in [-0.2, 0) is 12.0 Å².